The first kappa shape index (κ1) is 29.8. The molecule has 0 saturated heterocycles. The molecule has 40 heavy (non-hydrogen) atoms. The van der Waals surface area contributed by atoms with Gasteiger partial charge in [-0.05, 0) is 72.4 Å². The van der Waals surface area contributed by atoms with Gasteiger partial charge in [-0.2, -0.15) is 0 Å². The molecule has 0 bridgehead atoms. The predicted molar refractivity (Wildman–Crippen MR) is 146 cm³/mol. The van der Waals surface area contributed by atoms with Crippen LogP contribution in [0.4, 0.5) is 22.0 Å². The van der Waals surface area contributed by atoms with Crippen molar-refractivity contribution in [2.75, 3.05) is 0 Å². The maximum absolute atomic E-state index is 14.8. The fraction of sp³-hybridized carbons (Fsp3) is 0.200. The lowest BCUT2D eigenvalue weighted by Gasteiger charge is -2.35. The highest BCUT2D eigenvalue weighted by molar-refractivity contribution is 8.32. The highest BCUT2D eigenvalue weighted by Gasteiger charge is 2.47. The van der Waals surface area contributed by atoms with Crippen LogP contribution in [0.2, 0.25) is 0 Å². The first-order valence-electron chi connectivity index (χ1n) is 12.6. The largest absolute Gasteiger partial charge is 0.428 e. The molecule has 4 aromatic rings. The van der Waals surface area contributed by atoms with Gasteiger partial charge in [0.05, 0.1) is 25.0 Å². The van der Waals surface area contributed by atoms with E-state index in [1.807, 2.05) is 20.8 Å². The van der Waals surface area contributed by atoms with Crippen LogP contribution in [0.1, 0.15) is 37.5 Å². The molecular weight excluding hydrogens is 567 g/mol. The Bertz CT molecular complexity index is 1480. The summed E-state index contributed by atoms with van der Waals surface area (Å²) >= 11 is 0. The summed E-state index contributed by atoms with van der Waals surface area (Å²) in [5.74, 6) is -12.1. The van der Waals surface area contributed by atoms with E-state index in [1.165, 1.54) is 0 Å². The molecule has 4 rings (SSSR count). The van der Waals surface area contributed by atoms with Crippen LogP contribution in [0.3, 0.4) is 0 Å². The van der Waals surface area contributed by atoms with E-state index in [1.54, 1.807) is 72.8 Å². The lowest BCUT2D eigenvalue weighted by atomic mass is 10.2. The SMILES string of the molecule is CCc1ccc(S([OH+]S(=O)(=O)c2c(F)c(F)c(F)c(F)c2F)(c2ccc(CC)cc2)c2ccc(CC)cc2)cc1. The normalized spacial score (nSPS) is 12.5. The molecule has 0 atom stereocenters. The predicted octanol–water partition coefficient (Wildman–Crippen LogP) is 8.75. The fourth-order valence-electron chi connectivity index (χ4n) is 4.30. The Labute approximate surface area is 232 Å². The minimum Gasteiger partial charge on any atom is -0.258 e. The smallest absolute Gasteiger partial charge is 0.258 e. The third-order valence-electron chi connectivity index (χ3n) is 6.66. The molecule has 0 fully saturated rings. The summed E-state index contributed by atoms with van der Waals surface area (Å²) in [5, 5.41) is 0. The number of hydrogen-bond acceptors (Lipinski definition) is 2. The second-order valence-electron chi connectivity index (χ2n) is 9.02. The summed E-state index contributed by atoms with van der Waals surface area (Å²) in [6.07, 6.45) is 2.08. The molecule has 0 spiro atoms. The standard InChI is InChI=1S/C30H27F5O3S2/c1-4-19-7-13-22(14-8-19)39(23-15-9-20(5-2)10-16-23,24-17-11-21(6-3)12-18-24)38-40(36,37)30-28(34)26(32)25(31)27(33)29(30)35/h7-18H,4-6H2,1-3H3/p+1. The Morgan fingerprint density at radius 2 is 0.775 bits per heavy atom. The van der Waals surface area contributed by atoms with E-state index in [4.69, 9.17) is 0 Å². The van der Waals surface area contributed by atoms with E-state index in [2.05, 4.69) is 3.63 Å². The number of aryl methyl sites for hydroxylation is 3. The van der Waals surface area contributed by atoms with E-state index in [-0.39, 0.29) is 0 Å². The Balaban J connectivity index is 2.08. The van der Waals surface area contributed by atoms with E-state index in [9.17, 15) is 30.4 Å². The van der Waals surface area contributed by atoms with Gasteiger partial charge in [-0.15, -0.1) is 8.42 Å². The number of benzene rings is 4. The monoisotopic (exact) mass is 595 g/mol. The maximum Gasteiger partial charge on any atom is 0.428 e. The van der Waals surface area contributed by atoms with E-state index in [0.29, 0.717) is 33.9 Å². The minimum absolute atomic E-state index is 0.408. The van der Waals surface area contributed by atoms with Gasteiger partial charge in [0.1, 0.15) is 0 Å². The number of hydrogen-bond donors (Lipinski definition) is 0. The van der Waals surface area contributed by atoms with Gasteiger partial charge in [-0.25, -0.2) is 22.0 Å². The summed E-state index contributed by atoms with van der Waals surface area (Å²) in [6, 6.07) is 20.9. The zero-order valence-corrected chi connectivity index (χ0v) is 23.7. The van der Waals surface area contributed by atoms with Crippen molar-refractivity contribution in [3.8, 4) is 0 Å². The molecule has 0 unspecified atom stereocenters. The maximum atomic E-state index is 14.8. The van der Waals surface area contributed by atoms with Gasteiger partial charge in [-0.1, -0.05) is 57.2 Å². The van der Waals surface area contributed by atoms with Crippen LogP contribution in [-0.2, 0) is 29.4 Å². The molecule has 10 heteroatoms. The molecule has 0 aliphatic rings. The fourth-order valence-corrected chi connectivity index (χ4v) is 9.85. The first-order valence-corrected chi connectivity index (χ1v) is 15.6. The van der Waals surface area contributed by atoms with Gasteiger partial charge >= 0.3 is 10.1 Å². The van der Waals surface area contributed by atoms with Crippen LogP contribution in [0.25, 0.3) is 0 Å². The van der Waals surface area contributed by atoms with Crippen LogP contribution in [0.5, 0.6) is 0 Å². The van der Waals surface area contributed by atoms with Crippen molar-refractivity contribution in [1.29, 1.82) is 0 Å². The van der Waals surface area contributed by atoms with Gasteiger partial charge in [-0.3, -0.25) is 3.63 Å². The van der Waals surface area contributed by atoms with E-state index in [0.717, 1.165) is 16.7 Å². The van der Waals surface area contributed by atoms with Gasteiger partial charge < -0.3 is 0 Å². The Morgan fingerprint density at radius 3 is 1.05 bits per heavy atom. The van der Waals surface area contributed by atoms with E-state index < -0.39 is 54.4 Å². The van der Waals surface area contributed by atoms with Crippen LogP contribution in [0.15, 0.2) is 92.4 Å². The van der Waals surface area contributed by atoms with Crippen LogP contribution >= 0.6 is 10.3 Å². The summed E-state index contributed by atoms with van der Waals surface area (Å²) < 4.78 is 103. The molecule has 0 heterocycles. The molecule has 0 aliphatic heterocycles. The minimum atomic E-state index is -5.47. The van der Waals surface area contributed by atoms with Crippen molar-refractivity contribution in [3.05, 3.63) is 119 Å². The first-order chi connectivity index (χ1) is 19.0. The van der Waals surface area contributed by atoms with Crippen molar-refractivity contribution in [2.45, 2.75) is 59.6 Å². The molecule has 0 amide bonds. The van der Waals surface area contributed by atoms with Crippen LogP contribution < -0.4 is 0 Å². The Kier molecular flexibility index (Phi) is 8.72. The highest BCUT2D eigenvalue weighted by Crippen LogP contribution is 2.68. The number of rotatable bonds is 9. The zero-order valence-electron chi connectivity index (χ0n) is 22.0. The molecule has 0 radical (unpaired) electrons. The third-order valence-corrected chi connectivity index (χ3v) is 12.1. The van der Waals surface area contributed by atoms with Crippen molar-refractivity contribution in [3.63, 3.8) is 0 Å². The summed E-state index contributed by atoms with van der Waals surface area (Å²) in [6.45, 7) is 5.83. The van der Waals surface area contributed by atoms with Crippen molar-refractivity contribution < 1.29 is 34.0 Å². The molecule has 3 nitrogen and oxygen atoms in total. The quantitative estimate of drug-likeness (QED) is 0.0639. The molecule has 212 valence electrons. The molecule has 1 N–H and O–H groups in total. The van der Waals surface area contributed by atoms with Crippen molar-refractivity contribution in [2.24, 2.45) is 0 Å². The molecule has 0 saturated carbocycles. The lowest BCUT2D eigenvalue weighted by Crippen LogP contribution is -2.22. The van der Waals surface area contributed by atoms with Gasteiger partial charge in [0, 0.05) is 0 Å². The van der Waals surface area contributed by atoms with Gasteiger partial charge in [0.2, 0.25) is 10.7 Å². The topological polar surface area (TPSA) is 46.9 Å². The zero-order chi connectivity index (χ0) is 29.2. The van der Waals surface area contributed by atoms with Gasteiger partial charge in [0.25, 0.3) is 0 Å². The Morgan fingerprint density at radius 1 is 0.500 bits per heavy atom. The van der Waals surface area contributed by atoms with Crippen LogP contribution in [0, 0.1) is 29.1 Å². The second-order valence-corrected chi connectivity index (χ2v) is 13.6. The molecule has 4 aromatic carbocycles. The summed E-state index contributed by atoms with van der Waals surface area (Å²) in [4.78, 5) is -0.761. The van der Waals surface area contributed by atoms with Crippen LogP contribution in [-0.4, -0.2) is 12.0 Å². The third kappa shape index (κ3) is 5.27. The summed E-state index contributed by atoms with van der Waals surface area (Å²) in [7, 11) is -8.68. The summed E-state index contributed by atoms with van der Waals surface area (Å²) in [5.41, 5.74) is 2.84. The molecular formula is C30H28F5O3S2+. The highest BCUT2D eigenvalue weighted by atomic mass is 32.3. The molecule has 0 aliphatic carbocycles. The van der Waals surface area contributed by atoms with Crippen molar-refractivity contribution in [1.82, 2.24) is 0 Å². The van der Waals surface area contributed by atoms with Gasteiger partial charge in [0.15, 0.2) is 23.3 Å². The Hall–Kier alpha value is -3.21. The lowest BCUT2D eigenvalue weighted by molar-refractivity contribution is 0.338. The molecule has 0 aromatic heterocycles. The average molecular weight is 596 g/mol. The average Bonchev–Trinajstić information content (AvgIpc) is 2.98. The second kappa shape index (κ2) is 11.7. The van der Waals surface area contributed by atoms with Crippen molar-refractivity contribution >= 4 is 20.4 Å². The van der Waals surface area contributed by atoms with E-state index >= 15 is 0 Å². The number of halogens is 5.